The van der Waals surface area contributed by atoms with E-state index in [1.54, 1.807) is 24.3 Å². The number of rotatable bonds is 10. The minimum absolute atomic E-state index is 0.185. The number of thiazole rings is 1. The number of anilines is 2. The van der Waals surface area contributed by atoms with E-state index in [4.69, 9.17) is 0 Å². The molecule has 1 heterocycles. The van der Waals surface area contributed by atoms with E-state index in [1.807, 2.05) is 66.9 Å². The molecule has 11 heteroatoms. The van der Waals surface area contributed by atoms with Crippen LogP contribution in [-0.2, 0) is 4.79 Å². The smallest absolute Gasteiger partial charge is 0.336 e. The zero-order valence-corrected chi connectivity index (χ0v) is 24.8. The molecular formula is C33H25N3O6S2. The first-order valence-electron chi connectivity index (χ1n) is 13.2. The number of aromatic nitrogens is 1. The Morgan fingerprint density at radius 1 is 0.795 bits per heavy atom. The molecular weight excluding hydrogens is 599 g/mol. The average Bonchev–Trinajstić information content (AvgIpc) is 3.48. The molecule has 44 heavy (non-hydrogen) atoms. The standard InChI is InChI=1S/C33H25N3O6S2/c1-19-10-12-20(13-11-19)27-18-43-33(35-27)36-30(38)28(21-6-3-2-4-7-21)44-24-9-5-8-23(17-24)34-29(37)25-15-14-22(31(39)40)16-26(25)32(41)42/h2-18,28H,1H3,(H,34,37)(H,39,40)(H,41,42)(H,35,36,38). The van der Waals surface area contributed by atoms with Crippen molar-refractivity contribution in [3.05, 3.63) is 130 Å². The van der Waals surface area contributed by atoms with Crippen LogP contribution in [0.4, 0.5) is 10.8 Å². The Hall–Kier alpha value is -5.26. The van der Waals surface area contributed by atoms with E-state index in [-0.39, 0.29) is 17.0 Å². The van der Waals surface area contributed by atoms with Crippen LogP contribution in [0.1, 0.15) is 47.5 Å². The Labute approximate surface area is 260 Å². The minimum Gasteiger partial charge on any atom is -0.478 e. The fraction of sp³-hybridized carbons (Fsp3) is 0.0606. The molecule has 0 aliphatic carbocycles. The number of benzene rings is 4. The molecule has 0 fully saturated rings. The van der Waals surface area contributed by atoms with Crippen molar-refractivity contribution >= 4 is 57.7 Å². The summed E-state index contributed by atoms with van der Waals surface area (Å²) in [6, 6.07) is 27.4. The Kier molecular flexibility index (Phi) is 9.17. The van der Waals surface area contributed by atoms with E-state index >= 15 is 0 Å². The van der Waals surface area contributed by atoms with Gasteiger partial charge in [-0.3, -0.25) is 9.59 Å². The third-order valence-electron chi connectivity index (χ3n) is 6.51. The number of amides is 2. The lowest BCUT2D eigenvalue weighted by Gasteiger charge is -2.17. The van der Waals surface area contributed by atoms with Crippen LogP contribution in [0.25, 0.3) is 11.3 Å². The highest BCUT2D eigenvalue weighted by Crippen LogP contribution is 2.38. The molecule has 0 spiro atoms. The van der Waals surface area contributed by atoms with Crippen molar-refractivity contribution in [2.45, 2.75) is 17.1 Å². The number of carbonyl (C=O) groups excluding carboxylic acids is 2. The third kappa shape index (κ3) is 7.20. The summed E-state index contributed by atoms with van der Waals surface area (Å²) in [5, 5.41) is 26.1. The van der Waals surface area contributed by atoms with Crippen LogP contribution in [0, 0.1) is 6.92 Å². The Balaban J connectivity index is 1.35. The Morgan fingerprint density at radius 2 is 1.55 bits per heavy atom. The number of nitrogens with zero attached hydrogens (tertiary/aromatic N) is 1. The van der Waals surface area contributed by atoms with Crippen LogP contribution >= 0.6 is 23.1 Å². The number of carboxylic acids is 2. The second kappa shape index (κ2) is 13.4. The van der Waals surface area contributed by atoms with Crippen molar-refractivity contribution in [1.29, 1.82) is 0 Å². The van der Waals surface area contributed by atoms with Crippen LogP contribution in [0.2, 0.25) is 0 Å². The lowest BCUT2D eigenvalue weighted by Crippen LogP contribution is -2.19. The van der Waals surface area contributed by atoms with Crippen LogP contribution in [0.15, 0.2) is 107 Å². The van der Waals surface area contributed by atoms with E-state index in [9.17, 15) is 29.4 Å². The minimum atomic E-state index is -1.43. The van der Waals surface area contributed by atoms with E-state index in [0.29, 0.717) is 15.7 Å². The molecule has 5 aromatic rings. The Bertz CT molecular complexity index is 1860. The van der Waals surface area contributed by atoms with Gasteiger partial charge in [0.2, 0.25) is 5.91 Å². The molecule has 0 aliphatic rings. The van der Waals surface area contributed by atoms with Crippen molar-refractivity contribution in [3.8, 4) is 11.3 Å². The first kappa shape index (κ1) is 30.2. The van der Waals surface area contributed by atoms with Crippen molar-refractivity contribution in [2.24, 2.45) is 0 Å². The van der Waals surface area contributed by atoms with Gasteiger partial charge in [-0.1, -0.05) is 66.2 Å². The van der Waals surface area contributed by atoms with Crippen molar-refractivity contribution in [3.63, 3.8) is 0 Å². The fourth-order valence-corrected chi connectivity index (χ4v) is 6.10. The molecule has 0 saturated carbocycles. The van der Waals surface area contributed by atoms with Gasteiger partial charge in [0, 0.05) is 21.5 Å². The SMILES string of the molecule is Cc1ccc(-c2csc(NC(=O)C(Sc3cccc(NC(=O)c4ccc(C(=O)O)cc4C(=O)O)c3)c3ccccc3)n2)cc1. The van der Waals surface area contributed by atoms with Crippen LogP contribution in [0.3, 0.4) is 0 Å². The highest BCUT2D eigenvalue weighted by Gasteiger charge is 2.24. The van der Waals surface area contributed by atoms with Gasteiger partial charge >= 0.3 is 11.9 Å². The molecule has 1 unspecified atom stereocenters. The monoisotopic (exact) mass is 623 g/mol. The first-order chi connectivity index (χ1) is 21.2. The molecule has 2 amide bonds. The summed E-state index contributed by atoms with van der Waals surface area (Å²) in [6.45, 7) is 2.01. The second-order valence-corrected chi connectivity index (χ2v) is 11.7. The summed E-state index contributed by atoms with van der Waals surface area (Å²) in [5.41, 5.74) is 3.14. The predicted molar refractivity (Wildman–Crippen MR) is 171 cm³/mol. The van der Waals surface area contributed by atoms with Gasteiger partial charge in [-0.2, -0.15) is 0 Å². The van der Waals surface area contributed by atoms with Crippen LogP contribution < -0.4 is 10.6 Å². The quantitative estimate of drug-likeness (QED) is 0.119. The number of aromatic carboxylic acids is 2. The van der Waals surface area contributed by atoms with E-state index in [2.05, 4.69) is 15.6 Å². The van der Waals surface area contributed by atoms with Gasteiger partial charge in [0.15, 0.2) is 5.13 Å². The molecule has 5 rings (SSSR count). The van der Waals surface area contributed by atoms with Crippen LogP contribution in [-0.4, -0.2) is 39.0 Å². The number of nitrogens with one attached hydrogen (secondary N) is 2. The first-order valence-corrected chi connectivity index (χ1v) is 15.0. The lowest BCUT2D eigenvalue weighted by atomic mass is 10.0. The third-order valence-corrected chi connectivity index (χ3v) is 8.52. The van der Waals surface area contributed by atoms with Gasteiger partial charge in [0.25, 0.3) is 5.91 Å². The molecule has 0 saturated heterocycles. The summed E-state index contributed by atoms with van der Waals surface area (Å²) in [6.07, 6.45) is 0. The highest BCUT2D eigenvalue weighted by atomic mass is 32.2. The van der Waals surface area contributed by atoms with Crippen molar-refractivity contribution in [2.75, 3.05) is 10.6 Å². The topological polar surface area (TPSA) is 146 Å². The highest BCUT2D eigenvalue weighted by molar-refractivity contribution is 8.00. The lowest BCUT2D eigenvalue weighted by molar-refractivity contribution is -0.115. The molecule has 9 nitrogen and oxygen atoms in total. The zero-order chi connectivity index (χ0) is 31.2. The Morgan fingerprint density at radius 3 is 2.25 bits per heavy atom. The van der Waals surface area contributed by atoms with E-state index < -0.39 is 28.7 Å². The summed E-state index contributed by atoms with van der Waals surface area (Å²) < 4.78 is 0. The zero-order valence-electron chi connectivity index (χ0n) is 23.2. The molecule has 1 aromatic heterocycles. The molecule has 4 aromatic carbocycles. The molecule has 0 bridgehead atoms. The largest absolute Gasteiger partial charge is 0.478 e. The van der Waals surface area contributed by atoms with E-state index in [1.165, 1.54) is 35.2 Å². The number of thioether (sulfide) groups is 1. The number of hydrogen-bond acceptors (Lipinski definition) is 7. The second-order valence-electron chi connectivity index (χ2n) is 9.65. The number of aryl methyl sites for hydroxylation is 1. The molecule has 220 valence electrons. The van der Waals surface area contributed by atoms with Gasteiger partial charge in [-0.25, -0.2) is 14.6 Å². The molecule has 4 N–H and O–H groups in total. The maximum Gasteiger partial charge on any atom is 0.336 e. The molecule has 0 aliphatic heterocycles. The summed E-state index contributed by atoms with van der Waals surface area (Å²) in [7, 11) is 0. The number of carboxylic acid groups (broad SMARTS) is 2. The number of carbonyl (C=O) groups is 4. The summed E-state index contributed by atoms with van der Waals surface area (Å²) >= 11 is 2.61. The maximum absolute atomic E-state index is 13.6. The fourth-order valence-electron chi connectivity index (χ4n) is 4.29. The predicted octanol–water partition coefficient (Wildman–Crippen LogP) is 7.24. The van der Waals surface area contributed by atoms with Gasteiger partial charge in [-0.15, -0.1) is 23.1 Å². The molecule has 0 radical (unpaired) electrons. The average molecular weight is 624 g/mol. The van der Waals surface area contributed by atoms with Crippen LogP contribution in [0.5, 0.6) is 0 Å². The van der Waals surface area contributed by atoms with Gasteiger partial charge in [0.05, 0.1) is 22.4 Å². The molecule has 1 atom stereocenters. The summed E-state index contributed by atoms with van der Waals surface area (Å²) in [5.74, 6) is -3.72. The van der Waals surface area contributed by atoms with Gasteiger partial charge < -0.3 is 20.8 Å². The number of hydrogen-bond donors (Lipinski definition) is 4. The van der Waals surface area contributed by atoms with Crippen molar-refractivity contribution < 1.29 is 29.4 Å². The van der Waals surface area contributed by atoms with Gasteiger partial charge in [-0.05, 0) is 48.9 Å². The van der Waals surface area contributed by atoms with E-state index in [0.717, 1.165) is 28.5 Å². The van der Waals surface area contributed by atoms with Crippen molar-refractivity contribution in [1.82, 2.24) is 4.98 Å². The normalized spacial score (nSPS) is 11.4. The summed E-state index contributed by atoms with van der Waals surface area (Å²) in [4.78, 5) is 54.9. The van der Waals surface area contributed by atoms with Gasteiger partial charge in [0.1, 0.15) is 5.25 Å². The maximum atomic E-state index is 13.6.